The van der Waals surface area contributed by atoms with Gasteiger partial charge in [0.15, 0.2) is 5.69 Å². The number of alkyl halides is 3. The topological polar surface area (TPSA) is 43.8 Å². The molecule has 0 bridgehead atoms. The van der Waals surface area contributed by atoms with E-state index < -0.39 is 11.9 Å². The second-order valence-electron chi connectivity index (χ2n) is 2.78. The smallest absolute Gasteiger partial charge is 0.330 e. The van der Waals surface area contributed by atoms with Crippen LogP contribution >= 0.6 is 11.6 Å². The maximum Gasteiger partial charge on any atom is 0.435 e. The first-order valence-electron chi connectivity index (χ1n) is 3.86. The number of nitrogens with two attached hydrogens (primary N) is 1. The SMILES string of the molecule is Cn1nc(C(F)(F)F)c(CCN)c1Cl. The molecule has 0 fully saturated rings. The van der Waals surface area contributed by atoms with Crippen LogP contribution in [0.1, 0.15) is 11.3 Å². The number of halogens is 4. The van der Waals surface area contributed by atoms with Crippen molar-refractivity contribution < 1.29 is 13.2 Å². The lowest BCUT2D eigenvalue weighted by Gasteiger charge is -2.04. The summed E-state index contributed by atoms with van der Waals surface area (Å²) in [5.74, 6) is 0. The average molecular weight is 228 g/mol. The third-order valence-corrected chi connectivity index (χ3v) is 2.20. The molecule has 0 aliphatic heterocycles. The fraction of sp³-hybridized carbons (Fsp3) is 0.571. The quantitative estimate of drug-likeness (QED) is 0.834. The molecule has 1 aromatic rings. The van der Waals surface area contributed by atoms with Gasteiger partial charge in [-0.15, -0.1) is 0 Å². The Morgan fingerprint density at radius 3 is 2.50 bits per heavy atom. The lowest BCUT2D eigenvalue weighted by Crippen LogP contribution is -2.12. The first kappa shape index (κ1) is 11.3. The minimum atomic E-state index is -4.48. The summed E-state index contributed by atoms with van der Waals surface area (Å²) in [6.45, 7) is 0.106. The van der Waals surface area contributed by atoms with Crippen molar-refractivity contribution in [1.29, 1.82) is 0 Å². The maximum absolute atomic E-state index is 12.4. The van der Waals surface area contributed by atoms with Crippen LogP contribution in [0.4, 0.5) is 13.2 Å². The van der Waals surface area contributed by atoms with Gasteiger partial charge in [-0.1, -0.05) is 11.6 Å². The molecule has 0 atom stereocenters. The van der Waals surface area contributed by atoms with Gasteiger partial charge in [0, 0.05) is 12.6 Å². The fourth-order valence-electron chi connectivity index (χ4n) is 1.14. The van der Waals surface area contributed by atoms with Crippen molar-refractivity contribution in [3.63, 3.8) is 0 Å². The standard InChI is InChI=1S/C7H9ClF3N3/c1-14-6(8)4(2-3-12)5(13-14)7(9,10)11/h2-3,12H2,1H3. The second-order valence-corrected chi connectivity index (χ2v) is 3.14. The Kier molecular flexibility index (Phi) is 3.06. The van der Waals surface area contributed by atoms with Crippen molar-refractivity contribution >= 4 is 11.6 Å². The van der Waals surface area contributed by atoms with Crippen LogP contribution in [0.15, 0.2) is 0 Å². The number of rotatable bonds is 2. The van der Waals surface area contributed by atoms with Gasteiger partial charge in [0.1, 0.15) is 5.15 Å². The van der Waals surface area contributed by atoms with Gasteiger partial charge < -0.3 is 5.73 Å². The molecule has 0 saturated heterocycles. The third-order valence-electron chi connectivity index (χ3n) is 1.73. The van der Waals surface area contributed by atoms with Crippen molar-refractivity contribution in [2.24, 2.45) is 12.8 Å². The summed E-state index contributed by atoms with van der Waals surface area (Å²) in [6.07, 6.45) is -4.41. The molecule has 0 aliphatic rings. The molecule has 0 aliphatic carbocycles. The Balaban J connectivity index is 3.22. The number of nitrogens with zero attached hydrogens (tertiary/aromatic N) is 2. The Morgan fingerprint density at radius 2 is 2.07 bits per heavy atom. The van der Waals surface area contributed by atoms with Crippen LogP contribution in [0, 0.1) is 0 Å². The van der Waals surface area contributed by atoms with Gasteiger partial charge in [0.2, 0.25) is 0 Å². The monoisotopic (exact) mass is 227 g/mol. The Hall–Kier alpha value is -0.750. The summed E-state index contributed by atoms with van der Waals surface area (Å²) in [5.41, 5.74) is 4.20. The van der Waals surface area contributed by atoms with E-state index in [-0.39, 0.29) is 23.7 Å². The molecule has 0 amide bonds. The van der Waals surface area contributed by atoms with Gasteiger partial charge in [0.05, 0.1) is 0 Å². The van der Waals surface area contributed by atoms with Crippen LogP contribution in [0.3, 0.4) is 0 Å². The van der Waals surface area contributed by atoms with Crippen LogP contribution in [-0.2, 0) is 19.6 Å². The summed E-state index contributed by atoms with van der Waals surface area (Å²) in [4.78, 5) is 0. The maximum atomic E-state index is 12.4. The number of hydrogen-bond acceptors (Lipinski definition) is 2. The molecule has 0 radical (unpaired) electrons. The summed E-state index contributed by atoms with van der Waals surface area (Å²) >= 11 is 5.64. The molecule has 1 aromatic heterocycles. The number of aryl methyl sites for hydroxylation is 1. The minimum Gasteiger partial charge on any atom is -0.330 e. The molecule has 2 N–H and O–H groups in total. The molecule has 1 heterocycles. The molecule has 0 unspecified atom stereocenters. The van der Waals surface area contributed by atoms with E-state index in [0.717, 1.165) is 4.68 Å². The zero-order valence-corrected chi connectivity index (χ0v) is 8.15. The third kappa shape index (κ3) is 2.01. The molecular weight excluding hydrogens is 219 g/mol. The van der Waals surface area contributed by atoms with Crippen LogP contribution in [0.5, 0.6) is 0 Å². The molecule has 0 spiro atoms. The van der Waals surface area contributed by atoms with Crippen LogP contribution in [-0.4, -0.2) is 16.3 Å². The van der Waals surface area contributed by atoms with Crippen LogP contribution < -0.4 is 5.73 Å². The van der Waals surface area contributed by atoms with E-state index in [2.05, 4.69) is 5.10 Å². The predicted octanol–water partition coefficient (Wildman–Crippen LogP) is 1.59. The highest BCUT2D eigenvalue weighted by atomic mass is 35.5. The summed E-state index contributed by atoms with van der Waals surface area (Å²) in [6, 6.07) is 0. The molecule has 80 valence electrons. The van der Waals surface area contributed by atoms with E-state index in [1.807, 2.05) is 0 Å². The fourth-order valence-corrected chi connectivity index (χ4v) is 1.36. The Bertz CT molecular complexity index is 332. The molecule has 3 nitrogen and oxygen atoms in total. The van der Waals surface area contributed by atoms with Gasteiger partial charge in [-0.25, -0.2) is 0 Å². The second kappa shape index (κ2) is 3.78. The molecular formula is C7H9ClF3N3. The first-order valence-corrected chi connectivity index (χ1v) is 4.24. The Morgan fingerprint density at radius 1 is 1.50 bits per heavy atom. The van der Waals surface area contributed by atoms with Crippen molar-refractivity contribution in [2.75, 3.05) is 6.54 Å². The van der Waals surface area contributed by atoms with Gasteiger partial charge in [-0.2, -0.15) is 18.3 Å². The van der Waals surface area contributed by atoms with E-state index in [1.165, 1.54) is 7.05 Å². The van der Waals surface area contributed by atoms with Crippen molar-refractivity contribution in [3.05, 3.63) is 16.4 Å². The summed E-state index contributed by atoms with van der Waals surface area (Å²) < 4.78 is 38.2. The summed E-state index contributed by atoms with van der Waals surface area (Å²) in [5, 5.41) is 3.29. The largest absolute Gasteiger partial charge is 0.435 e. The Labute approximate surface area is 83.6 Å². The van der Waals surface area contributed by atoms with Crippen LogP contribution in [0.2, 0.25) is 5.15 Å². The minimum absolute atomic E-state index is 0.0113. The molecule has 0 aromatic carbocycles. The number of aromatic nitrogens is 2. The lowest BCUT2D eigenvalue weighted by atomic mass is 10.2. The zero-order chi connectivity index (χ0) is 10.9. The highest BCUT2D eigenvalue weighted by Crippen LogP contribution is 2.34. The average Bonchev–Trinajstić information content (AvgIpc) is 2.32. The van der Waals surface area contributed by atoms with Crippen molar-refractivity contribution in [3.8, 4) is 0 Å². The highest BCUT2D eigenvalue weighted by Gasteiger charge is 2.38. The van der Waals surface area contributed by atoms with E-state index >= 15 is 0 Å². The number of hydrogen-bond donors (Lipinski definition) is 1. The van der Waals surface area contributed by atoms with E-state index in [4.69, 9.17) is 17.3 Å². The van der Waals surface area contributed by atoms with Crippen molar-refractivity contribution in [1.82, 2.24) is 9.78 Å². The molecule has 0 saturated carbocycles. The summed E-state index contributed by atoms with van der Waals surface area (Å²) in [7, 11) is 1.36. The lowest BCUT2D eigenvalue weighted by molar-refractivity contribution is -0.142. The van der Waals surface area contributed by atoms with Gasteiger partial charge in [-0.3, -0.25) is 4.68 Å². The van der Waals surface area contributed by atoms with Crippen LogP contribution in [0.25, 0.3) is 0 Å². The first-order chi connectivity index (χ1) is 6.38. The molecule has 1 rings (SSSR count). The van der Waals surface area contributed by atoms with Gasteiger partial charge in [-0.05, 0) is 13.0 Å². The van der Waals surface area contributed by atoms with E-state index in [1.54, 1.807) is 0 Å². The van der Waals surface area contributed by atoms with E-state index in [9.17, 15) is 13.2 Å². The predicted molar refractivity (Wildman–Crippen MR) is 46.0 cm³/mol. The normalized spacial score (nSPS) is 12.1. The van der Waals surface area contributed by atoms with Gasteiger partial charge in [0.25, 0.3) is 0 Å². The zero-order valence-electron chi connectivity index (χ0n) is 7.40. The molecule has 14 heavy (non-hydrogen) atoms. The highest BCUT2D eigenvalue weighted by molar-refractivity contribution is 6.30. The molecule has 7 heteroatoms. The van der Waals surface area contributed by atoms with Gasteiger partial charge >= 0.3 is 6.18 Å². The van der Waals surface area contributed by atoms with E-state index in [0.29, 0.717) is 0 Å². The van der Waals surface area contributed by atoms with Crippen molar-refractivity contribution in [2.45, 2.75) is 12.6 Å².